The third kappa shape index (κ3) is 5.10. The van der Waals surface area contributed by atoms with Crippen LogP contribution in [-0.4, -0.2) is 22.6 Å². The van der Waals surface area contributed by atoms with E-state index in [0.29, 0.717) is 10.9 Å². The molecular formula is C22H20F4N2O. The largest absolute Gasteiger partial charge is 0.391 e. The molecule has 0 aliphatic rings. The second-order valence-electron chi connectivity index (χ2n) is 7.40. The second-order valence-corrected chi connectivity index (χ2v) is 7.40. The zero-order valence-corrected chi connectivity index (χ0v) is 16.0. The van der Waals surface area contributed by atoms with E-state index in [4.69, 9.17) is 0 Å². The molecule has 152 valence electrons. The summed E-state index contributed by atoms with van der Waals surface area (Å²) in [7, 11) is 0. The molecule has 0 bridgehead atoms. The number of aryl methyl sites for hydroxylation is 1. The van der Waals surface area contributed by atoms with Crippen molar-refractivity contribution in [3.05, 3.63) is 77.2 Å². The van der Waals surface area contributed by atoms with Crippen molar-refractivity contribution in [2.45, 2.75) is 38.4 Å². The van der Waals surface area contributed by atoms with Crippen LogP contribution in [0.2, 0.25) is 0 Å². The lowest BCUT2D eigenvalue weighted by Crippen LogP contribution is -2.50. The Bertz CT molecular complexity index is 1030. The van der Waals surface area contributed by atoms with Gasteiger partial charge in [-0.1, -0.05) is 42.5 Å². The number of carbonyl (C=O) groups is 1. The number of amides is 1. The highest BCUT2D eigenvalue weighted by molar-refractivity contribution is 5.99. The Hall–Kier alpha value is -2.96. The van der Waals surface area contributed by atoms with Gasteiger partial charge >= 0.3 is 6.18 Å². The second kappa shape index (κ2) is 7.81. The molecule has 0 radical (unpaired) electrons. The molecule has 3 rings (SSSR count). The SMILES string of the molecule is Cc1nc2c(F)cccc2cc1C(=O)N[C@@](C)(Cc1ccccc1)CC(F)(F)F. The molecule has 1 aromatic heterocycles. The Morgan fingerprint density at radius 3 is 2.41 bits per heavy atom. The van der Waals surface area contributed by atoms with E-state index in [9.17, 15) is 22.4 Å². The number of alkyl halides is 3. The Morgan fingerprint density at radius 2 is 1.76 bits per heavy atom. The number of nitrogens with one attached hydrogen (secondary N) is 1. The van der Waals surface area contributed by atoms with Gasteiger partial charge in [-0.05, 0) is 38.0 Å². The van der Waals surface area contributed by atoms with Gasteiger partial charge in [0.2, 0.25) is 0 Å². The fraction of sp³-hybridized carbons (Fsp3) is 0.273. The number of para-hydroxylation sites is 1. The molecule has 0 saturated heterocycles. The van der Waals surface area contributed by atoms with Crippen LogP contribution in [-0.2, 0) is 6.42 Å². The van der Waals surface area contributed by atoms with Gasteiger partial charge in [-0.2, -0.15) is 13.2 Å². The standard InChI is InChI=1S/C22H20F4N2O/c1-14-17(11-16-9-6-10-18(23)19(16)27-14)20(29)28-21(2,13-22(24,25)26)12-15-7-4-3-5-8-15/h3-11H,12-13H2,1-2H3,(H,28,29)/t21-/m0/s1. The summed E-state index contributed by atoms with van der Waals surface area (Å²) in [4.78, 5) is 17.0. The summed E-state index contributed by atoms with van der Waals surface area (Å²) < 4.78 is 53.6. The van der Waals surface area contributed by atoms with E-state index >= 15 is 0 Å². The van der Waals surface area contributed by atoms with Crippen molar-refractivity contribution in [1.82, 2.24) is 10.3 Å². The predicted octanol–water partition coefficient (Wildman–Crippen LogP) is 5.37. The molecular weight excluding hydrogens is 384 g/mol. The summed E-state index contributed by atoms with van der Waals surface area (Å²) in [6, 6.07) is 14.5. The number of hydrogen-bond acceptors (Lipinski definition) is 2. The van der Waals surface area contributed by atoms with Crippen molar-refractivity contribution in [3.63, 3.8) is 0 Å². The van der Waals surface area contributed by atoms with Gasteiger partial charge in [0, 0.05) is 5.39 Å². The number of carbonyl (C=O) groups excluding carboxylic acids is 1. The third-order valence-corrected chi connectivity index (χ3v) is 4.67. The first-order chi connectivity index (χ1) is 13.6. The van der Waals surface area contributed by atoms with Crippen molar-refractivity contribution in [2.75, 3.05) is 0 Å². The predicted molar refractivity (Wildman–Crippen MR) is 103 cm³/mol. The first-order valence-electron chi connectivity index (χ1n) is 9.05. The smallest absolute Gasteiger partial charge is 0.346 e. The summed E-state index contributed by atoms with van der Waals surface area (Å²) >= 11 is 0. The first-order valence-corrected chi connectivity index (χ1v) is 9.05. The Labute approximate surface area is 165 Å². The van der Waals surface area contributed by atoms with Crippen LogP contribution in [0.1, 0.15) is 35.0 Å². The molecule has 0 fully saturated rings. The van der Waals surface area contributed by atoms with Crippen LogP contribution in [0.5, 0.6) is 0 Å². The summed E-state index contributed by atoms with van der Waals surface area (Å²) in [6.45, 7) is 2.90. The highest BCUT2D eigenvalue weighted by atomic mass is 19.4. The van der Waals surface area contributed by atoms with Crippen LogP contribution >= 0.6 is 0 Å². The van der Waals surface area contributed by atoms with E-state index < -0.39 is 29.9 Å². The van der Waals surface area contributed by atoms with Crippen LogP contribution in [0, 0.1) is 12.7 Å². The Kier molecular flexibility index (Phi) is 5.59. The molecule has 1 heterocycles. The maximum atomic E-state index is 13.9. The van der Waals surface area contributed by atoms with Gasteiger partial charge in [-0.15, -0.1) is 0 Å². The fourth-order valence-corrected chi connectivity index (χ4v) is 3.47. The van der Waals surface area contributed by atoms with Crippen LogP contribution in [0.15, 0.2) is 54.6 Å². The van der Waals surface area contributed by atoms with Crippen LogP contribution in [0.3, 0.4) is 0 Å². The summed E-state index contributed by atoms with van der Waals surface area (Å²) in [5.74, 6) is -1.20. The minimum Gasteiger partial charge on any atom is -0.346 e. The van der Waals surface area contributed by atoms with Crippen molar-refractivity contribution >= 4 is 16.8 Å². The number of benzene rings is 2. The van der Waals surface area contributed by atoms with Crippen LogP contribution in [0.4, 0.5) is 17.6 Å². The summed E-state index contributed by atoms with van der Waals surface area (Å²) in [6.07, 6.45) is -5.64. The Balaban J connectivity index is 1.94. The van der Waals surface area contributed by atoms with E-state index in [0.717, 1.165) is 0 Å². The summed E-state index contributed by atoms with van der Waals surface area (Å²) in [5.41, 5.74) is -0.405. The maximum absolute atomic E-state index is 13.9. The van der Waals surface area contributed by atoms with E-state index in [1.165, 1.54) is 32.0 Å². The van der Waals surface area contributed by atoms with Crippen molar-refractivity contribution < 1.29 is 22.4 Å². The molecule has 0 unspecified atom stereocenters. The Morgan fingerprint density at radius 1 is 1.07 bits per heavy atom. The van der Waals surface area contributed by atoms with Gasteiger partial charge < -0.3 is 5.32 Å². The molecule has 7 heteroatoms. The fourth-order valence-electron chi connectivity index (χ4n) is 3.47. The number of rotatable bonds is 5. The number of pyridine rings is 1. The lowest BCUT2D eigenvalue weighted by Gasteiger charge is -2.32. The number of aromatic nitrogens is 1. The van der Waals surface area contributed by atoms with Gasteiger partial charge in [0.25, 0.3) is 5.91 Å². The molecule has 1 atom stereocenters. The van der Waals surface area contributed by atoms with Crippen LogP contribution < -0.4 is 5.32 Å². The minimum atomic E-state index is -4.46. The van der Waals surface area contributed by atoms with E-state index in [1.54, 1.807) is 36.4 Å². The van der Waals surface area contributed by atoms with Gasteiger partial charge in [-0.3, -0.25) is 4.79 Å². The summed E-state index contributed by atoms with van der Waals surface area (Å²) in [5, 5.41) is 2.95. The first kappa shape index (κ1) is 20.8. The van der Waals surface area contributed by atoms with Crippen molar-refractivity contribution in [3.8, 4) is 0 Å². The third-order valence-electron chi connectivity index (χ3n) is 4.67. The highest BCUT2D eigenvalue weighted by Gasteiger charge is 2.40. The quantitative estimate of drug-likeness (QED) is 0.581. The van der Waals surface area contributed by atoms with Crippen LogP contribution in [0.25, 0.3) is 10.9 Å². The molecule has 0 aliphatic heterocycles. The van der Waals surface area contributed by atoms with E-state index in [1.807, 2.05) is 0 Å². The van der Waals surface area contributed by atoms with Gasteiger partial charge in [0.1, 0.15) is 11.3 Å². The molecule has 0 spiro atoms. The van der Waals surface area contributed by atoms with Gasteiger partial charge in [0.05, 0.1) is 23.2 Å². The van der Waals surface area contributed by atoms with Crippen molar-refractivity contribution in [2.24, 2.45) is 0 Å². The molecule has 0 aliphatic carbocycles. The minimum absolute atomic E-state index is 0.00771. The number of nitrogens with zero attached hydrogens (tertiary/aromatic N) is 1. The average molecular weight is 404 g/mol. The highest BCUT2D eigenvalue weighted by Crippen LogP contribution is 2.30. The maximum Gasteiger partial charge on any atom is 0.391 e. The van der Waals surface area contributed by atoms with E-state index in [2.05, 4.69) is 10.3 Å². The molecule has 2 aromatic carbocycles. The number of hydrogen-bond donors (Lipinski definition) is 1. The van der Waals surface area contributed by atoms with Gasteiger partial charge in [-0.25, -0.2) is 9.37 Å². The number of halogens is 4. The molecule has 1 amide bonds. The monoisotopic (exact) mass is 404 g/mol. The number of fused-ring (bicyclic) bond motifs is 1. The zero-order chi connectivity index (χ0) is 21.2. The van der Waals surface area contributed by atoms with Crippen molar-refractivity contribution in [1.29, 1.82) is 0 Å². The molecule has 29 heavy (non-hydrogen) atoms. The van der Waals surface area contributed by atoms with E-state index in [-0.39, 0.29) is 23.2 Å². The molecule has 3 nitrogen and oxygen atoms in total. The zero-order valence-electron chi connectivity index (χ0n) is 16.0. The molecule has 1 N–H and O–H groups in total. The lowest BCUT2D eigenvalue weighted by molar-refractivity contribution is -0.147. The molecule has 3 aromatic rings. The topological polar surface area (TPSA) is 42.0 Å². The normalized spacial score (nSPS) is 13.9. The molecule has 0 saturated carbocycles. The van der Waals surface area contributed by atoms with Gasteiger partial charge in [0.15, 0.2) is 0 Å². The average Bonchev–Trinajstić information content (AvgIpc) is 2.61. The lowest BCUT2D eigenvalue weighted by atomic mass is 9.88.